The molecule has 1 aromatic carbocycles. The van der Waals surface area contributed by atoms with Gasteiger partial charge >= 0.3 is 0 Å². The minimum absolute atomic E-state index is 0.150. The van der Waals surface area contributed by atoms with Gasteiger partial charge in [0.1, 0.15) is 0 Å². The van der Waals surface area contributed by atoms with Crippen LogP contribution >= 0.6 is 0 Å². The lowest BCUT2D eigenvalue weighted by molar-refractivity contribution is 0.231. The van der Waals surface area contributed by atoms with Crippen LogP contribution in [0, 0.1) is 11.6 Å². The highest BCUT2D eigenvalue weighted by Gasteiger charge is 2.30. The van der Waals surface area contributed by atoms with Crippen molar-refractivity contribution in [3.05, 3.63) is 35.4 Å². The van der Waals surface area contributed by atoms with E-state index in [0.717, 1.165) is 26.1 Å². The summed E-state index contributed by atoms with van der Waals surface area (Å²) in [6.45, 7) is 6.65. The van der Waals surface area contributed by atoms with Gasteiger partial charge < -0.3 is 5.32 Å². The molecule has 0 saturated heterocycles. The zero-order valence-electron chi connectivity index (χ0n) is 12.3. The average molecular weight is 282 g/mol. The van der Waals surface area contributed by atoms with Crippen LogP contribution in [0.2, 0.25) is 0 Å². The van der Waals surface area contributed by atoms with Crippen molar-refractivity contribution in [2.24, 2.45) is 0 Å². The molecule has 1 fully saturated rings. The molecule has 0 aliphatic heterocycles. The molecule has 0 radical (unpaired) electrons. The van der Waals surface area contributed by atoms with E-state index in [1.54, 1.807) is 12.1 Å². The topological polar surface area (TPSA) is 15.3 Å². The first-order valence-corrected chi connectivity index (χ1v) is 7.58. The van der Waals surface area contributed by atoms with Gasteiger partial charge in [0.2, 0.25) is 0 Å². The van der Waals surface area contributed by atoms with Crippen molar-refractivity contribution in [2.75, 3.05) is 19.6 Å². The second kappa shape index (κ2) is 7.14. The molecule has 1 N–H and O–H groups in total. The molecule has 0 amide bonds. The minimum Gasteiger partial charge on any atom is -0.309 e. The Hall–Kier alpha value is -1.00. The maximum Gasteiger partial charge on any atom is 0.163 e. The van der Waals surface area contributed by atoms with Crippen LogP contribution in [0.3, 0.4) is 0 Å². The predicted molar refractivity (Wildman–Crippen MR) is 77.7 cm³/mol. The molecule has 0 bridgehead atoms. The van der Waals surface area contributed by atoms with Crippen molar-refractivity contribution < 1.29 is 8.78 Å². The highest BCUT2D eigenvalue weighted by molar-refractivity contribution is 5.23. The fourth-order valence-electron chi connectivity index (χ4n) is 2.69. The average Bonchev–Trinajstić information content (AvgIpc) is 3.25. The van der Waals surface area contributed by atoms with Crippen molar-refractivity contribution >= 4 is 0 Å². The first kappa shape index (κ1) is 15.4. The molecule has 1 aliphatic carbocycles. The van der Waals surface area contributed by atoms with Crippen LogP contribution < -0.4 is 5.32 Å². The maximum atomic E-state index is 14.0. The Morgan fingerprint density at radius 3 is 2.65 bits per heavy atom. The van der Waals surface area contributed by atoms with Crippen LogP contribution in [0.25, 0.3) is 0 Å². The highest BCUT2D eigenvalue weighted by atomic mass is 19.2. The number of halogens is 2. The number of rotatable bonds is 8. The Labute approximate surface area is 120 Å². The maximum absolute atomic E-state index is 14.0. The Balaban J connectivity index is 2.14. The third-order valence-corrected chi connectivity index (χ3v) is 3.80. The van der Waals surface area contributed by atoms with Gasteiger partial charge in [-0.15, -0.1) is 0 Å². The molecule has 0 aromatic heterocycles. The smallest absolute Gasteiger partial charge is 0.163 e. The molecule has 1 aliphatic rings. The van der Waals surface area contributed by atoms with Crippen LogP contribution in [0.15, 0.2) is 18.2 Å². The number of benzene rings is 1. The van der Waals surface area contributed by atoms with E-state index in [0.29, 0.717) is 11.6 Å². The molecule has 1 aromatic rings. The Kier molecular flexibility index (Phi) is 5.49. The van der Waals surface area contributed by atoms with Gasteiger partial charge in [-0.1, -0.05) is 26.0 Å². The molecule has 0 spiro atoms. The molecule has 4 heteroatoms. The number of nitrogens with zero attached hydrogens (tertiary/aromatic N) is 1. The van der Waals surface area contributed by atoms with Gasteiger partial charge in [-0.25, -0.2) is 8.78 Å². The fourth-order valence-corrected chi connectivity index (χ4v) is 2.69. The zero-order valence-corrected chi connectivity index (χ0v) is 12.3. The van der Waals surface area contributed by atoms with Gasteiger partial charge in [0.05, 0.1) is 0 Å². The van der Waals surface area contributed by atoms with E-state index in [1.807, 2.05) is 6.92 Å². The number of hydrogen-bond acceptors (Lipinski definition) is 2. The van der Waals surface area contributed by atoms with Crippen molar-refractivity contribution in [3.8, 4) is 0 Å². The predicted octanol–water partition coefficient (Wildman–Crippen LogP) is 3.49. The normalized spacial score (nSPS) is 16.6. The molecule has 2 rings (SSSR count). The third-order valence-electron chi connectivity index (χ3n) is 3.80. The summed E-state index contributed by atoms with van der Waals surface area (Å²) in [6, 6.07) is 4.92. The molecular formula is C16H24F2N2. The quantitative estimate of drug-likeness (QED) is 0.785. The third kappa shape index (κ3) is 3.76. The lowest BCUT2D eigenvalue weighted by Crippen LogP contribution is -2.37. The van der Waals surface area contributed by atoms with Gasteiger partial charge in [0, 0.05) is 24.2 Å². The molecule has 1 atom stereocenters. The van der Waals surface area contributed by atoms with Gasteiger partial charge in [-0.05, 0) is 38.4 Å². The van der Waals surface area contributed by atoms with Gasteiger partial charge in [-0.3, -0.25) is 4.90 Å². The van der Waals surface area contributed by atoms with Crippen LogP contribution in [0.1, 0.15) is 44.7 Å². The monoisotopic (exact) mass is 282 g/mol. The van der Waals surface area contributed by atoms with Gasteiger partial charge in [0.15, 0.2) is 11.6 Å². The molecule has 20 heavy (non-hydrogen) atoms. The summed E-state index contributed by atoms with van der Waals surface area (Å²) < 4.78 is 27.4. The second-order valence-electron chi connectivity index (χ2n) is 5.48. The van der Waals surface area contributed by atoms with E-state index >= 15 is 0 Å². The Morgan fingerprint density at radius 1 is 1.30 bits per heavy atom. The molecule has 0 heterocycles. The lowest BCUT2D eigenvalue weighted by atomic mass is 10.0. The number of hydrogen-bond donors (Lipinski definition) is 1. The van der Waals surface area contributed by atoms with Crippen molar-refractivity contribution in [3.63, 3.8) is 0 Å². The zero-order chi connectivity index (χ0) is 14.5. The van der Waals surface area contributed by atoms with Crippen molar-refractivity contribution in [1.82, 2.24) is 10.2 Å². The minimum atomic E-state index is -0.765. The first-order valence-electron chi connectivity index (χ1n) is 7.58. The van der Waals surface area contributed by atoms with Crippen molar-refractivity contribution in [2.45, 2.75) is 45.2 Å². The van der Waals surface area contributed by atoms with E-state index < -0.39 is 11.6 Å². The Bertz CT molecular complexity index is 432. The van der Waals surface area contributed by atoms with Crippen LogP contribution in [-0.2, 0) is 0 Å². The summed E-state index contributed by atoms with van der Waals surface area (Å²) in [6.07, 6.45) is 3.54. The number of likely N-dealkylation sites (N-methyl/N-ethyl adjacent to an activating group) is 1. The van der Waals surface area contributed by atoms with E-state index in [2.05, 4.69) is 17.1 Å². The summed E-state index contributed by atoms with van der Waals surface area (Å²) in [7, 11) is 0. The summed E-state index contributed by atoms with van der Waals surface area (Å²) in [5, 5.41) is 3.29. The lowest BCUT2D eigenvalue weighted by Gasteiger charge is -2.28. The Morgan fingerprint density at radius 2 is 2.05 bits per heavy atom. The summed E-state index contributed by atoms with van der Waals surface area (Å²) in [5.41, 5.74) is 0.439. The van der Waals surface area contributed by atoms with Gasteiger partial charge in [0.25, 0.3) is 0 Å². The van der Waals surface area contributed by atoms with E-state index in [1.165, 1.54) is 18.9 Å². The highest BCUT2D eigenvalue weighted by Crippen LogP contribution is 2.29. The number of nitrogens with one attached hydrogen (secondary N) is 1. The van der Waals surface area contributed by atoms with E-state index in [9.17, 15) is 8.78 Å². The van der Waals surface area contributed by atoms with Gasteiger partial charge in [-0.2, -0.15) is 0 Å². The standard InChI is InChI=1S/C16H24F2N2/c1-3-10-20(12-8-9-12)11-15(19-4-2)13-6-5-7-14(17)16(13)18/h5-7,12,15,19H,3-4,8-11H2,1-2H3. The largest absolute Gasteiger partial charge is 0.309 e. The molecular weight excluding hydrogens is 258 g/mol. The van der Waals surface area contributed by atoms with E-state index in [4.69, 9.17) is 0 Å². The fraction of sp³-hybridized carbons (Fsp3) is 0.625. The summed E-state index contributed by atoms with van der Waals surface area (Å²) in [4.78, 5) is 2.40. The molecule has 1 unspecified atom stereocenters. The van der Waals surface area contributed by atoms with Crippen LogP contribution in [0.4, 0.5) is 8.78 Å². The van der Waals surface area contributed by atoms with Crippen molar-refractivity contribution in [1.29, 1.82) is 0 Å². The molecule has 1 saturated carbocycles. The molecule has 2 nitrogen and oxygen atoms in total. The summed E-state index contributed by atoms with van der Waals surface area (Å²) >= 11 is 0. The van der Waals surface area contributed by atoms with Crippen LogP contribution in [-0.4, -0.2) is 30.6 Å². The second-order valence-corrected chi connectivity index (χ2v) is 5.48. The van der Waals surface area contributed by atoms with E-state index in [-0.39, 0.29) is 6.04 Å². The SMILES string of the molecule is CCCN(CC(NCC)c1cccc(F)c1F)C1CC1. The summed E-state index contributed by atoms with van der Waals surface area (Å²) in [5.74, 6) is -1.48. The van der Waals surface area contributed by atoms with Crippen LogP contribution in [0.5, 0.6) is 0 Å². The first-order chi connectivity index (χ1) is 9.67. The molecule has 112 valence electrons.